The molecule has 7 heteroatoms. The van der Waals surface area contributed by atoms with Gasteiger partial charge in [-0.05, 0) is 30.9 Å². The predicted molar refractivity (Wildman–Crippen MR) is 140 cm³/mol. The maximum Gasteiger partial charge on any atom is 0.271 e. The monoisotopic (exact) mass is 476 g/mol. The van der Waals surface area contributed by atoms with Crippen LogP contribution in [0.5, 0.6) is 0 Å². The molecule has 0 atom stereocenters. The van der Waals surface area contributed by atoms with E-state index in [4.69, 9.17) is 0 Å². The third-order valence-electron chi connectivity index (χ3n) is 6.95. The zero-order chi connectivity index (χ0) is 24.1. The highest BCUT2D eigenvalue weighted by molar-refractivity contribution is 8.04. The van der Waals surface area contributed by atoms with E-state index in [9.17, 15) is 14.9 Å². The van der Waals surface area contributed by atoms with E-state index in [1.54, 1.807) is 22.4 Å². The number of rotatable bonds is 5. The van der Waals surface area contributed by atoms with Gasteiger partial charge in [-0.1, -0.05) is 50.6 Å². The third-order valence-corrected chi connectivity index (χ3v) is 7.93. The van der Waals surface area contributed by atoms with Crippen molar-refractivity contribution < 1.29 is 4.79 Å². The minimum Gasteiger partial charge on any atom is -0.366 e. The van der Waals surface area contributed by atoms with Crippen LogP contribution in [0.25, 0.3) is 12.7 Å². The van der Waals surface area contributed by atoms with E-state index >= 15 is 0 Å². The van der Waals surface area contributed by atoms with E-state index in [0.717, 1.165) is 28.8 Å². The minimum absolute atomic E-state index is 0.0490. The Labute approximate surface area is 205 Å². The summed E-state index contributed by atoms with van der Waals surface area (Å²) < 4.78 is 1.74. The number of hydrogen-bond acceptors (Lipinski definition) is 5. The molecular weight excluding hydrogens is 444 g/mol. The summed E-state index contributed by atoms with van der Waals surface area (Å²) in [7, 11) is 0. The van der Waals surface area contributed by atoms with Crippen molar-refractivity contribution in [1.82, 2.24) is 9.47 Å². The Kier molecular flexibility index (Phi) is 7.79. The van der Waals surface area contributed by atoms with E-state index in [0.29, 0.717) is 49.5 Å². The molecule has 1 aromatic heterocycles. The summed E-state index contributed by atoms with van der Waals surface area (Å²) in [6.45, 7) is 10.9. The number of nitriles is 1. The lowest BCUT2D eigenvalue weighted by molar-refractivity contribution is -0.126. The molecule has 2 aliphatic heterocycles. The first-order valence-electron chi connectivity index (χ1n) is 12.1. The fourth-order valence-corrected chi connectivity index (χ4v) is 5.98. The number of thioether (sulfide) groups is 1. The van der Waals surface area contributed by atoms with Crippen LogP contribution in [-0.2, 0) is 11.3 Å². The van der Waals surface area contributed by atoms with Crippen molar-refractivity contribution in [3.63, 3.8) is 0 Å². The number of piperazine rings is 1. The van der Waals surface area contributed by atoms with Crippen LogP contribution < -0.4 is 21.0 Å². The Morgan fingerprint density at radius 3 is 2.56 bits per heavy atom. The highest BCUT2D eigenvalue weighted by atomic mass is 32.2. The Morgan fingerprint density at radius 2 is 1.94 bits per heavy atom. The van der Waals surface area contributed by atoms with E-state index in [-0.39, 0.29) is 17.0 Å². The van der Waals surface area contributed by atoms with Crippen molar-refractivity contribution in [2.24, 2.45) is 5.92 Å². The average molecular weight is 477 g/mol. The molecule has 4 rings (SSSR count). The summed E-state index contributed by atoms with van der Waals surface area (Å²) in [4.78, 5) is 31.0. The number of carbonyl (C=O) groups excluding carboxylic acids is 1. The average Bonchev–Trinajstić information content (AvgIpc) is 2.89. The number of amides is 1. The Hall–Kier alpha value is -2.98. The molecule has 178 valence electrons. The molecule has 2 fully saturated rings. The van der Waals surface area contributed by atoms with Crippen molar-refractivity contribution >= 4 is 36.0 Å². The summed E-state index contributed by atoms with van der Waals surface area (Å²) in [6.07, 6.45) is 15.2. The predicted octanol–water partition coefficient (Wildman–Crippen LogP) is 2.51. The minimum atomic E-state index is -0.252. The number of pyridine rings is 1. The lowest BCUT2D eigenvalue weighted by atomic mass is 9.89. The Bertz CT molecular complexity index is 1220. The van der Waals surface area contributed by atoms with Gasteiger partial charge in [-0.3, -0.25) is 9.59 Å². The molecule has 6 nitrogen and oxygen atoms in total. The Morgan fingerprint density at radius 1 is 1.21 bits per heavy atom. The largest absolute Gasteiger partial charge is 0.366 e. The van der Waals surface area contributed by atoms with E-state index < -0.39 is 0 Å². The molecule has 0 radical (unpaired) electrons. The molecule has 34 heavy (non-hydrogen) atoms. The van der Waals surface area contributed by atoms with Crippen LogP contribution in [-0.4, -0.2) is 47.3 Å². The summed E-state index contributed by atoms with van der Waals surface area (Å²) in [5.41, 5.74) is 0.497. The normalized spacial score (nSPS) is 19.6. The lowest BCUT2D eigenvalue weighted by Gasteiger charge is -2.37. The van der Waals surface area contributed by atoms with Gasteiger partial charge in [0.05, 0.1) is 15.9 Å². The maximum absolute atomic E-state index is 13.5. The zero-order valence-electron chi connectivity index (χ0n) is 19.7. The van der Waals surface area contributed by atoms with Gasteiger partial charge in [0, 0.05) is 43.7 Å². The maximum atomic E-state index is 13.5. The van der Waals surface area contributed by atoms with Crippen LogP contribution >= 0.6 is 11.8 Å². The molecule has 0 aromatic carbocycles. The molecule has 1 aromatic rings. The fraction of sp³-hybridized carbons (Fsp3) is 0.444. The van der Waals surface area contributed by atoms with Crippen molar-refractivity contribution in [3.05, 3.63) is 62.3 Å². The van der Waals surface area contributed by atoms with Crippen molar-refractivity contribution in [2.75, 3.05) is 36.8 Å². The van der Waals surface area contributed by atoms with Gasteiger partial charge in [-0.25, -0.2) is 0 Å². The lowest BCUT2D eigenvalue weighted by Crippen LogP contribution is -2.54. The molecule has 3 aliphatic rings. The standard InChI is InChI=1S/C27H32N4O2S/c1-3-9-23-20(2)25(22(18-28)26(32)31(23)19-21-10-5-4-6-11-21)29-13-15-30(16-14-29)27(33)24-12-7-8-17-34-24/h3,7-9,12,21H,1-2,4-6,10-11,13-17,19H2/b23-9+. The van der Waals surface area contributed by atoms with E-state index in [1.165, 1.54) is 19.3 Å². The molecule has 1 amide bonds. The first-order valence-corrected chi connectivity index (χ1v) is 13.1. The fourth-order valence-electron chi connectivity index (χ4n) is 5.16. The third kappa shape index (κ3) is 4.92. The second-order valence-corrected chi connectivity index (χ2v) is 10.1. The van der Waals surface area contributed by atoms with Crippen LogP contribution in [0.3, 0.4) is 0 Å². The molecule has 1 saturated heterocycles. The summed E-state index contributed by atoms with van der Waals surface area (Å²) in [5, 5.41) is 11.4. The number of hydrogen-bond donors (Lipinski definition) is 0. The molecular formula is C27H32N4O2S. The molecule has 0 spiro atoms. The second-order valence-electron chi connectivity index (χ2n) is 9.07. The van der Waals surface area contributed by atoms with Crippen LogP contribution in [0.15, 0.2) is 40.6 Å². The SMILES string of the molecule is C=C/C=c1\c(=C)c(N2CCN(C(=O)C3=CC=CCS3)CC2)c(C#N)c(=O)n1CC1CCCCC1. The number of nitrogens with zero attached hydrogens (tertiary/aromatic N) is 4. The number of carbonyl (C=O) groups is 1. The van der Waals surface area contributed by atoms with E-state index in [2.05, 4.69) is 19.2 Å². The topological polar surface area (TPSA) is 69.3 Å². The zero-order valence-corrected chi connectivity index (χ0v) is 20.5. The van der Waals surface area contributed by atoms with E-state index in [1.807, 2.05) is 34.1 Å². The number of aromatic nitrogens is 1. The summed E-state index contributed by atoms with van der Waals surface area (Å²) >= 11 is 1.55. The number of anilines is 1. The van der Waals surface area contributed by atoms with Crippen LogP contribution in [0.2, 0.25) is 0 Å². The smallest absolute Gasteiger partial charge is 0.271 e. The van der Waals surface area contributed by atoms with Crippen LogP contribution in [0.1, 0.15) is 37.7 Å². The highest BCUT2D eigenvalue weighted by Gasteiger charge is 2.27. The highest BCUT2D eigenvalue weighted by Crippen LogP contribution is 2.25. The van der Waals surface area contributed by atoms with Gasteiger partial charge >= 0.3 is 0 Å². The Balaban J connectivity index is 1.63. The van der Waals surface area contributed by atoms with Crippen molar-refractivity contribution in [2.45, 2.75) is 38.6 Å². The molecule has 0 bridgehead atoms. The van der Waals surface area contributed by atoms with Gasteiger partial charge in [-0.15, -0.1) is 11.8 Å². The van der Waals surface area contributed by atoms with Crippen LogP contribution in [0, 0.1) is 17.2 Å². The van der Waals surface area contributed by atoms with Crippen LogP contribution in [0.4, 0.5) is 5.69 Å². The molecule has 0 unspecified atom stereocenters. The van der Waals surface area contributed by atoms with Gasteiger partial charge in [0.15, 0.2) is 0 Å². The van der Waals surface area contributed by atoms with Gasteiger partial charge in [0.2, 0.25) is 0 Å². The molecule has 1 saturated carbocycles. The second kappa shape index (κ2) is 11.0. The summed E-state index contributed by atoms with van der Waals surface area (Å²) in [6, 6.07) is 2.18. The van der Waals surface area contributed by atoms with Gasteiger partial charge < -0.3 is 14.4 Å². The molecule has 1 aliphatic carbocycles. The van der Waals surface area contributed by atoms with Crippen molar-refractivity contribution in [3.8, 4) is 6.07 Å². The first kappa shape index (κ1) is 24.2. The quantitative estimate of drug-likeness (QED) is 0.653. The number of allylic oxidation sites excluding steroid dienone is 3. The van der Waals surface area contributed by atoms with Gasteiger partial charge in [0.25, 0.3) is 11.5 Å². The first-order chi connectivity index (χ1) is 16.5. The van der Waals surface area contributed by atoms with Crippen molar-refractivity contribution in [1.29, 1.82) is 5.26 Å². The molecule has 3 heterocycles. The molecule has 0 N–H and O–H groups in total. The van der Waals surface area contributed by atoms with Gasteiger partial charge in [-0.2, -0.15) is 5.26 Å². The summed E-state index contributed by atoms with van der Waals surface area (Å²) in [5.74, 6) is 1.30. The van der Waals surface area contributed by atoms with Gasteiger partial charge in [0.1, 0.15) is 11.6 Å².